The topological polar surface area (TPSA) is 105 Å². The van der Waals surface area contributed by atoms with Gasteiger partial charge in [0.05, 0.1) is 12.2 Å². The highest BCUT2D eigenvalue weighted by Gasteiger charge is 2.33. The van der Waals surface area contributed by atoms with E-state index >= 15 is 0 Å². The number of alkyl halides is 3. The van der Waals surface area contributed by atoms with Gasteiger partial charge in [0, 0.05) is 23.8 Å². The minimum absolute atomic E-state index is 0.0203. The highest BCUT2D eigenvalue weighted by molar-refractivity contribution is 5.76. The van der Waals surface area contributed by atoms with Crippen molar-refractivity contribution in [3.8, 4) is 17.0 Å². The summed E-state index contributed by atoms with van der Waals surface area (Å²) in [6, 6.07) is 2.12. The molecular weight excluding hydrogens is 499 g/mol. The number of rotatable bonds is 10. The molecule has 1 aliphatic heterocycles. The van der Waals surface area contributed by atoms with Crippen LogP contribution in [0.4, 0.5) is 19.0 Å². The van der Waals surface area contributed by atoms with Crippen molar-refractivity contribution in [1.82, 2.24) is 10.2 Å². The maximum absolute atomic E-state index is 13.4. The molecule has 2 heterocycles. The molecule has 10 heteroatoms. The zero-order valence-electron chi connectivity index (χ0n) is 22.5. The predicted molar refractivity (Wildman–Crippen MR) is 141 cm³/mol. The number of benzene rings is 1. The van der Waals surface area contributed by atoms with E-state index in [4.69, 9.17) is 14.6 Å². The van der Waals surface area contributed by atoms with Crippen LogP contribution < -0.4 is 5.32 Å². The Kier molecular flexibility index (Phi) is 12.8. The fraction of sp³-hybridized carbons (Fsp3) is 0.607. The monoisotopic (exact) mass is 539 g/mol. The van der Waals surface area contributed by atoms with Crippen LogP contribution in [-0.2, 0) is 35.2 Å². The summed E-state index contributed by atoms with van der Waals surface area (Å²) in [7, 11) is 0. The Bertz CT molecular complexity index is 1030. The number of hydrogen-bond donors (Lipinski definition) is 3. The average Bonchev–Trinajstić information content (AvgIpc) is 2.96. The van der Waals surface area contributed by atoms with Crippen molar-refractivity contribution >= 4 is 12.3 Å². The van der Waals surface area contributed by atoms with Gasteiger partial charge in [-0.05, 0) is 61.8 Å². The van der Waals surface area contributed by atoms with Crippen molar-refractivity contribution in [3.63, 3.8) is 0 Å². The van der Waals surface area contributed by atoms with Crippen molar-refractivity contribution in [2.75, 3.05) is 11.9 Å². The first-order valence-corrected chi connectivity index (χ1v) is 13.5. The van der Waals surface area contributed by atoms with E-state index in [9.17, 15) is 18.3 Å². The fourth-order valence-corrected chi connectivity index (χ4v) is 4.70. The number of carboxylic acid groups (broad SMARTS) is 1. The van der Waals surface area contributed by atoms with Crippen molar-refractivity contribution in [2.45, 2.75) is 104 Å². The van der Waals surface area contributed by atoms with Gasteiger partial charge in [-0.25, -0.2) is 0 Å². The highest BCUT2D eigenvalue weighted by Crippen LogP contribution is 2.42. The molecule has 0 aliphatic carbocycles. The summed E-state index contributed by atoms with van der Waals surface area (Å²) in [6.45, 7) is 6.62. The summed E-state index contributed by atoms with van der Waals surface area (Å²) in [5, 5.41) is 30.3. The fourth-order valence-electron chi connectivity index (χ4n) is 4.70. The Morgan fingerprint density at radius 2 is 1.84 bits per heavy atom. The molecule has 0 amide bonds. The standard InChI is InChI=1S/C27H38F3N3O2.CH2O2/c1-4-7-9-11-20(6-3)31-26-22(12-8-5-2)21-13-10-14-35-17-18-15-19(27(28,29)30)16-23(34)24(18)25(21)32-33-26;2-1-3/h15-16,20,34H,4-14,17H2,1-3H3,(H,31,33);1H,(H,2,3)/t20-;/m0./s1. The van der Waals surface area contributed by atoms with E-state index in [1.807, 2.05) is 0 Å². The number of fused-ring (bicyclic) bond motifs is 3. The number of halogens is 3. The molecule has 0 spiro atoms. The minimum atomic E-state index is -4.56. The Morgan fingerprint density at radius 3 is 2.47 bits per heavy atom. The first kappa shape index (κ1) is 31.3. The first-order valence-electron chi connectivity index (χ1n) is 13.5. The van der Waals surface area contributed by atoms with Gasteiger partial charge in [0.2, 0.25) is 0 Å². The Morgan fingerprint density at radius 1 is 1.13 bits per heavy atom. The number of anilines is 1. The van der Waals surface area contributed by atoms with Crippen LogP contribution in [0.1, 0.15) is 94.4 Å². The third kappa shape index (κ3) is 8.58. The van der Waals surface area contributed by atoms with Crippen LogP contribution in [0, 0.1) is 0 Å². The molecule has 1 atom stereocenters. The lowest BCUT2D eigenvalue weighted by atomic mass is 9.91. The molecule has 1 aromatic carbocycles. The second kappa shape index (κ2) is 15.5. The number of ether oxygens (including phenoxy) is 1. The summed E-state index contributed by atoms with van der Waals surface area (Å²) in [6.07, 6.45) is 5.08. The lowest BCUT2D eigenvalue weighted by Crippen LogP contribution is -2.22. The van der Waals surface area contributed by atoms with E-state index in [2.05, 4.69) is 36.3 Å². The maximum Gasteiger partial charge on any atom is 0.416 e. The van der Waals surface area contributed by atoms with Gasteiger partial charge in [0.15, 0.2) is 5.82 Å². The Balaban J connectivity index is 0.00000161. The second-order valence-electron chi connectivity index (χ2n) is 9.49. The largest absolute Gasteiger partial charge is 0.507 e. The van der Waals surface area contributed by atoms with Gasteiger partial charge in [-0.1, -0.05) is 46.5 Å². The third-order valence-electron chi connectivity index (χ3n) is 6.69. The molecule has 2 aromatic rings. The molecule has 0 saturated carbocycles. The second-order valence-corrected chi connectivity index (χ2v) is 9.49. The van der Waals surface area contributed by atoms with E-state index in [-0.39, 0.29) is 24.7 Å². The number of phenols is 1. The summed E-state index contributed by atoms with van der Waals surface area (Å²) < 4.78 is 46.0. The smallest absolute Gasteiger partial charge is 0.416 e. The van der Waals surface area contributed by atoms with Gasteiger partial charge < -0.3 is 20.3 Å². The predicted octanol–water partition coefficient (Wildman–Crippen LogP) is 7.15. The van der Waals surface area contributed by atoms with Gasteiger partial charge >= 0.3 is 6.18 Å². The van der Waals surface area contributed by atoms with Gasteiger partial charge in [-0.3, -0.25) is 4.79 Å². The number of aromatic nitrogens is 2. The number of hydrogen-bond acceptors (Lipinski definition) is 6. The van der Waals surface area contributed by atoms with Crippen LogP contribution in [0.25, 0.3) is 11.3 Å². The van der Waals surface area contributed by atoms with Gasteiger partial charge in [0.1, 0.15) is 11.4 Å². The Labute approximate surface area is 222 Å². The van der Waals surface area contributed by atoms with Crippen LogP contribution in [0.2, 0.25) is 0 Å². The van der Waals surface area contributed by atoms with Crippen molar-refractivity contribution < 1.29 is 32.9 Å². The van der Waals surface area contributed by atoms with E-state index in [0.717, 1.165) is 74.0 Å². The van der Waals surface area contributed by atoms with E-state index in [1.165, 1.54) is 6.42 Å². The Hall–Kier alpha value is -2.88. The summed E-state index contributed by atoms with van der Waals surface area (Å²) in [5.74, 6) is 0.317. The zero-order valence-corrected chi connectivity index (χ0v) is 22.5. The molecule has 3 N–H and O–H groups in total. The molecule has 1 aromatic heterocycles. The van der Waals surface area contributed by atoms with Crippen LogP contribution in [0.5, 0.6) is 5.75 Å². The highest BCUT2D eigenvalue weighted by atomic mass is 19.4. The third-order valence-corrected chi connectivity index (χ3v) is 6.69. The molecule has 212 valence electrons. The molecule has 38 heavy (non-hydrogen) atoms. The molecule has 1 aliphatic rings. The van der Waals surface area contributed by atoms with E-state index in [1.54, 1.807) is 0 Å². The molecule has 7 nitrogen and oxygen atoms in total. The van der Waals surface area contributed by atoms with Crippen molar-refractivity contribution in [2.24, 2.45) is 0 Å². The molecular formula is C28H40F3N3O4. The van der Waals surface area contributed by atoms with Crippen LogP contribution in [-0.4, -0.2) is 39.5 Å². The number of unbranched alkanes of at least 4 members (excludes halogenated alkanes) is 3. The molecule has 0 saturated heterocycles. The van der Waals surface area contributed by atoms with Gasteiger partial charge in [-0.15, -0.1) is 10.2 Å². The quantitative estimate of drug-likeness (QED) is 0.218. The number of nitrogens with one attached hydrogen (secondary N) is 1. The van der Waals surface area contributed by atoms with E-state index < -0.39 is 17.5 Å². The SMILES string of the molecule is CCCCC[C@H](CC)Nc1nnc2c(c1CCCC)CCCOCc1cc(C(F)(F)F)cc(O)c1-2.O=CO. The summed E-state index contributed by atoms with van der Waals surface area (Å²) in [4.78, 5) is 8.36. The van der Waals surface area contributed by atoms with Crippen LogP contribution in [0.3, 0.4) is 0 Å². The van der Waals surface area contributed by atoms with Crippen molar-refractivity contribution in [1.29, 1.82) is 0 Å². The lowest BCUT2D eigenvalue weighted by molar-refractivity contribution is -0.137. The lowest BCUT2D eigenvalue weighted by Gasteiger charge is -2.23. The zero-order chi connectivity index (χ0) is 28.1. The normalized spacial score (nSPS) is 14.1. The molecule has 0 bridgehead atoms. The molecule has 0 radical (unpaired) electrons. The first-order chi connectivity index (χ1) is 18.2. The summed E-state index contributed by atoms with van der Waals surface area (Å²) in [5.41, 5.74) is 2.14. The van der Waals surface area contributed by atoms with Crippen LogP contribution >= 0.6 is 0 Å². The number of phenolic OH excluding ortho intramolecular Hbond substituents is 1. The maximum atomic E-state index is 13.4. The van der Waals surface area contributed by atoms with Crippen LogP contribution in [0.15, 0.2) is 12.1 Å². The number of nitrogens with zero attached hydrogens (tertiary/aromatic N) is 2. The number of aromatic hydroxyl groups is 1. The average molecular weight is 540 g/mol. The molecule has 3 rings (SSSR count). The minimum Gasteiger partial charge on any atom is -0.507 e. The molecule has 0 unspecified atom stereocenters. The van der Waals surface area contributed by atoms with Crippen molar-refractivity contribution in [3.05, 3.63) is 34.4 Å². The molecule has 0 fully saturated rings. The van der Waals surface area contributed by atoms with Gasteiger partial charge in [0.25, 0.3) is 6.47 Å². The summed E-state index contributed by atoms with van der Waals surface area (Å²) >= 11 is 0. The number of carbonyl (C=O) groups is 1. The van der Waals surface area contributed by atoms with Gasteiger partial charge in [-0.2, -0.15) is 13.2 Å². The van der Waals surface area contributed by atoms with E-state index in [0.29, 0.717) is 30.7 Å².